The van der Waals surface area contributed by atoms with Crippen molar-refractivity contribution in [2.24, 2.45) is 17.8 Å². The maximum Gasteiger partial charge on any atom is 0.308 e. The van der Waals surface area contributed by atoms with Crippen LogP contribution in [-0.4, -0.2) is 29.8 Å². The Labute approximate surface area is 218 Å². The molecule has 2 aliphatic carbocycles. The number of fused-ring (bicyclic) bond motifs is 6. The number of benzene rings is 2. The third-order valence-electron chi connectivity index (χ3n) is 7.89. The molecule has 5 nitrogen and oxygen atoms in total. The van der Waals surface area contributed by atoms with E-state index in [9.17, 15) is 9.59 Å². The minimum Gasteiger partial charge on any atom is -0.378 e. The van der Waals surface area contributed by atoms with Crippen LogP contribution in [0.3, 0.4) is 0 Å². The Morgan fingerprint density at radius 2 is 1.80 bits per heavy atom. The Kier molecular flexibility index (Phi) is 5.98. The Balaban J connectivity index is 1.35. The van der Waals surface area contributed by atoms with E-state index in [4.69, 9.17) is 11.6 Å². The van der Waals surface area contributed by atoms with E-state index in [1.807, 2.05) is 11.8 Å². The molecular formula is C27H28ClN3O2S2. The van der Waals surface area contributed by atoms with Crippen molar-refractivity contribution < 1.29 is 4.79 Å². The zero-order chi connectivity index (χ0) is 24.3. The van der Waals surface area contributed by atoms with Crippen LogP contribution in [0.25, 0.3) is 0 Å². The van der Waals surface area contributed by atoms with Crippen LogP contribution in [0.4, 0.5) is 11.4 Å². The number of hydrogen-bond acceptors (Lipinski definition) is 5. The van der Waals surface area contributed by atoms with Gasteiger partial charge in [0.2, 0.25) is 5.91 Å². The lowest BCUT2D eigenvalue weighted by Crippen LogP contribution is -2.34. The van der Waals surface area contributed by atoms with Gasteiger partial charge in [-0.05, 0) is 79.0 Å². The Bertz CT molecular complexity index is 1320. The first kappa shape index (κ1) is 23.2. The number of carbonyl (C=O) groups is 1. The summed E-state index contributed by atoms with van der Waals surface area (Å²) in [5.41, 5.74) is 3.14. The number of hydrogen-bond donors (Lipinski definition) is 1. The highest BCUT2D eigenvalue weighted by atomic mass is 35.5. The van der Waals surface area contributed by atoms with Crippen LogP contribution >= 0.6 is 34.7 Å². The summed E-state index contributed by atoms with van der Waals surface area (Å²) in [4.78, 5) is 29.3. The van der Waals surface area contributed by atoms with Crippen LogP contribution in [-0.2, 0) is 11.3 Å². The predicted molar refractivity (Wildman–Crippen MR) is 145 cm³/mol. The first-order valence-corrected chi connectivity index (χ1v) is 14.2. The molecule has 8 heteroatoms. The second kappa shape index (κ2) is 9.02. The van der Waals surface area contributed by atoms with Crippen molar-refractivity contribution in [3.05, 3.63) is 73.7 Å². The molecule has 35 heavy (non-hydrogen) atoms. The van der Waals surface area contributed by atoms with Gasteiger partial charge in [-0.1, -0.05) is 35.1 Å². The van der Waals surface area contributed by atoms with Crippen LogP contribution in [0.2, 0.25) is 5.02 Å². The van der Waals surface area contributed by atoms with Gasteiger partial charge in [0.1, 0.15) is 6.54 Å². The highest BCUT2D eigenvalue weighted by Crippen LogP contribution is 2.64. The van der Waals surface area contributed by atoms with Gasteiger partial charge in [0, 0.05) is 46.5 Å². The number of thiazole rings is 1. The van der Waals surface area contributed by atoms with E-state index < -0.39 is 0 Å². The van der Waals surface area contributed by atoms with Gasteiger partial charge in [-0.15, -0.1) is 11.8 Å². The summed E-state index contributed by atoms with van der Waals surface area (Å²) < 4.78 is 1.71. The molecule has 0 saturated heterocycles. The highest BCUT2D eigenvalue weighted by Gasteiger charge is 2.55. The average molecular weight is 526 g/mol. The summed E-state index contributed by atoms with van der Waals surface area (Å²) >= 11 is 9.16. The van der Waals surface area contributed by atoms with Crippen molar-refractivity contribution in [3.8, 4) is 0 Å². The van der Waals surface area contributed by atoms with E-state index in [1.54, 1.807) is 28.8 Å². The van der Waals surface area contributed by atoms with E-state index >= 15 is 0 Å². The number of aromatic nitrogens is 1. The maximum absolute atomic E-state index is 13.2. The molecule has 2 aromatic carbocycles. The number of thioether (sulfide) groups is 1. The van der Waals surface area contributed by atoms with Crippen LogP contribution < -0.4 is 15.1 Å². The number of nitrogens with zero attached hydrogens (tertiary/aromatic N) is 2. The highest BCUT2D eigenvalue weighted by molar-refractivity contribution is 8.00. The van der Waals surface area contributed by atoms with Crippen molar-refractivity contribution in [2.75, 3.05) is 24.3 Å². The minimum absolute atomic E-state index is 0.0259. The molecule has 6 rings (SSSR count). The molecule has 182 valence electrons. The first-order valence-electron chi connectivity index (χ1n) is 12.1. The number of rotatable bonds is 5. The molecule has 1 N–H and O–H groups in total. The van der Waals surface area contributed by atoms with Gasteiger partial charge in [0.25, 0.3) is 0 Å². The molecule has 2 heterocycles. The summed E-state index contributed by atoms with van der Waals surface area (Å²) in [6.45, 7) is 0.0259. The van der Waals surface area contributed by atoms with Crippen molar-refractivity contribution in [1.82, 2.24) is 4.57 Å². The lowest BCUT2D eigenvalue weighted by Gasteiger charge is -2.40. The molecular weight excluding hydrogens is 498 g/mol. The zero-order valence-corrected chi connectivity index (χ0v) is 22.1. The zero-order valence-electron chi connectivity index (χ0n) is 19.7. The fraction of sp³-hybridized carbons (Fsp3) is 0.407. The number of amides is 1. The van der Waals surface area contributed by atoms with E-state index in [0.717, 1.165) is 15.8 Å². The Morgan fingerprint density at radius 1 is 1.09 bits per heavy atom. The van der Waals surface area contributed by atoms with Gasteiger partial charge in [-0.25, -0.2) is 0 Å². The number of carbonyl (C=O) groups excluding carboxylic acids is 1. The molecule has 2 saturated carbocycles. The number of halogens is 1. The van der Waals surface area contributed by atoms with Crippen molar-refractivity contribution >= 4 is 52.0 Å². The molecule has 2 fully saturated rings. The summed E-state index contributed by atoms with van der Waals surface area (Å²) in [5, 5.41) is 5.04. The fourth-order valence-corrected chi connectivity index (χ4v) is 9.59. The molecule has 1 amide bonds. The van der Waals surface area contributed by atoms with Crippen LogP contribution in [0.1, 0.15) is 35.6 Å². The summed E-state index contributed by atoms with van der Waals surface area (Å²) in [6.07, 6.45) is 3.88. The quantitative estimate of drug-likeness (QED) is 0.449. The third kappa shape index (κ3) is 4.11. The Morgan fingerprint density at radius 3 is 2.51 bits per heavy atom. The van der Waals surface area contributed by atoms with Crippen molar-refractivity contribution in [3.63, 3.8) is 0 Å². The standard InChI is InChI=1S/C27H28ClN3O2S2/c1-30(2)20-11-5-15(6-12-20)22-23-16-3-4-17(13-16)24(23)34-26-25(22)35-27(33)31(26)14-21(32)29-19-9-7-18(28)8-10-19/h5-12,16-17,22-24H,3-4,13-14H2,1-2H3,(H,29,32)/t16-,17-,22-,23-,24+/m0/s1. The second-order valence-electron chi connectivity index (χ2n) is 10.1. The van der Waals surface area contributed by atoms with E-state index in [0.29, 0.717) is 27.8 Å². The van der Waals surface area contributed by atoms with Gasteiger partial charge in [0.15, 0.2) is 0 Å². The van der Waals surface area contributed by atoms with E-state index in [2.05, 4.69) is 48.6 Å². The second-order valence-corrected chi connectivity index (χ2v) is 12.7. The maximum atomic E-state index is 13.2. The van der Waals surface area contributed by atoms with Crippen LogP contribution in [0.5, 0.6) is 0 Å². The molecule has 3 aliphatic rings. The summed E-state index contributed by atoms with van der Waals surface area (Å²) in [6, 6.07) is 15.9. The summed E-state index contributed by atoms with van der Waals surface area (Å²) in [5.74, 6) is 2.02. The number of anilines is 2. The van der Waals surface area contributed by atoms with Gasteiger partial charge in [-0.3, -0.25) is 14.2 Å². The van der Waals surface area contributed by atoms with Gasteiger partial charge in [-0.2, -0.15) is 0 Å². The van der Waals surface area contributed by atoms with E-state index in [-0.39, 0.29) is 23.2 Å². The van der Waals surface area contributed by atoms with Crippen LogP contribution in [0.15, 0.2) is 58.4 Å². The monoisotopic (exact) mass is 525 g/mol. The lowest BCUT2D eigenvalue weighted by molar-refractivity contribution is -0.116. The topological polar surface area (TPSA) is 54.3 Å². The molecule has 1 aliphatic heterocycles. The van der Waals surface area contributed by atoms with Gasteiger partial charge >= 0.3 is 4.87 Å². The molecule has 0 unspecified atom stereocenters. The SMILES string of the molecule is CN(C)c1ccc([C@@H]2c3sc(=O)n(CC(=O)Nc4ccc(Cl)cc4)c3S[C@@H]3[C@H]4CC[C@@H](C4)[C@@H]23)cc1. The lowest BCUT2D eigenvalue weighted by atomic mass is 9.75. The van der Waals surface area contributed by atoms with Crippen LogP contribution in [0, 0.1) is 17.8 Å². The molecule has 0 radical (unpaired) electrons. The first-order chi connectivity index (χ1) is 16.9. The minimum atomic E-state index is -0.197. The number of nitrogens with one attached hydrogen (secondary N) is 1. The van der Waals surface area contributed by atoms with Crippen molar-refractivity contribution in [2.45, 2.75) is 42.0 Å². The third-order valence-corrected chi connectivity index (χ3v) is 11.0. The van der Waals surface area contributed by atoms with E-state index in [1.165, 1.54) is 41.9 Å². The molecule has 1 aromatic heterocycles. The largest absolute Gasteiger partial charge is 0.378 e. The molecule has 0 spiro atoms. The molecule has 3 aromatic rings. The smallest absolute Gasteiger partial charge is 0.308 e. The normalized spacial score (nSPS) is 26.3. The van der Waals surface area contributed by atoms with Gasteiger partial charge in [0.05, 0.1) is 5.03 Å². The molecule has 2 bridgehead atoms. The predicted octanol–water partition coefficient (Wildman–Crippen LogP) is 5.92. The summed E-state index contributed by atoms with van der Waals surface area (Å²) in [7, 11) is 4.11. The van der Waals surface area contributed by atoms with Crippen molar-refractivity contribution in [1.29, 1.82) is 0 Å². The van der Waals surface area contributed by atoms with Gasteiger partial charge < -0.3 is 10.2 Å². The fourth-order valence-electron chi connectivity index (χ4n) is 6.32. The Hall–Kier alpha value is -2.22. The molecule has 5 atom stereocenters. The average Bonchev–Trinajstić information content (AvgIpc) is 3.54.